The number of halogens is 1. The molecule has 0 bridgehead atoms. The Morgan fingerprint density at radius 3 is 2.79 bits per heavy atom. The van der Waals surface area contributed by atoms with Crippen molar-refractivity contribution in [2.24, 2.45) is 5.92 Å². The van der Waals surface area contributed by atoms with E-state index in [0.717, 1.165) is 24.4 Å². The standard InChI is InChI=1S/C16H25FN2/c1-12-9-13(2)19(11-12)8-7-16(18-3)14-5-4-6-15(17)10-14/h4-6,10,12-13,16,18H,7-9,11H2,1-3H3. The predicted molar refractivity (Wildman–Crippen MR) is 77.6 cm³/mol. The monoisotopic (exact) mass is 264 g/mol. The molecule has 3 unspecified atom stereocenters. The Labute approximate surface area is 116 Å². The summed E-state index contributed by atoms with van der Waals surface area (Å²) in [5, 5.41) is 3.30. The molecule has 1 fully saturated rings. The minimum absolute atomic E-state index is 0.152. The number of nitrogens with one attached hydrogen (secondary N) is 1. The zero-order valence-electron chi connectivity index (χ0n) is 12.2. The van der Waals surface area contributed by atoms with Crippen molar-refractivity contribution in [3.8, 4) is 0 Å². The van der Waals surface area contributed by atoms with Crippen LogP contribution in [-0.4, -0.2) is 31.1 Å². The van der Waals surface area contributed by atoms with Gasteiger partial charge in [0.1, 0.15) is 5.82 Å². The molecule has 0 aliphatic carbocycles. The van der Waals surface area contributed by atoms with Crippen LogP contribution in [0.5, 0.6) is 0 Å². The highest BCUT2D eigenvalue weighted by Crippen LogP contribution is 2.24. The fourth-order valence-electron chi connectivity index (χ4n) is 3.19. The Morgan fingerprint density at radius 1 is 1.42 bits per heavy atom. The molecule has 0 aromatic heterocycles. The Hall–Kier alpha value is -0.930. The molecular weight excluding hydrogens is 239 g/mol. The second kappa shape index (κ2) is 6.49. The van der Waals surface area contributed by atoms with E-state index in [1.807, 2.05) is 13.1 Å². The molecule has 0 spiro atoms. The van der Waals surface area contributed by atoms with Crippen LogP contribution >= 0.6 is 0 Å². The summed E-state index contributed by atoms with van der Waals surface area (Å²) in [6.07, 6.45) is 2.32. The smallest absolute Gasteiger partial charge is 0.123 e. The predicted octanol–water partition coefficient (Wildman–Crippen LogP) is 3.21. The van der Waals surface area contributed by atoms with Gasteiger partial charge in [0.15, 0.2) is 0 Å². The van der Waals surface area contributed by atoms with Gasteiger partial charge in [0.05, 0.1) is 0 Å². The molecule has 0 saturated carbocycles. The molecule has 106 valence electrons. The number of hydrogen-bond acceptors (Lipinski definition) is 2. The van der Waals surface area contributed by atoms with E-state index >= 15 is 0 Å². The Balaban J connectivity index is 1.93. The van der Waals surface area contributed by atoms with E-state index in [1.54, 1.807) is 12.1 Å². The molecule has 0 amide bonds. The van der Waals surface area contributed by atoms with Gasteiger partial charge in [-0.1, -0.05) is 19.1 Å². The lowest BCUT2D eigenvalue weighted by atomic mass is 10.0. The van der Waals surface area contributed by atoms with Crippen molar-refractivity contribution in [3.05, 3.63) is 35.6 Å². The first-order valence-corrected chi connectivity index (χ1v) is 7.27. The molecule has 2 rings (SSSR count). The summed E-state index contributed by atoms with van der Waals surface area (Å²) in [4.78, 5) is 2.55. The topological polar surface area (TPSA) is 15.3 Å². The lowest BCUT2D eigenvalue weighted by Gasteiger charge is -2.24. The van der Waals surface area contributed by atoms with Gasteiger partial charge >= 0.3 is 0 Å². The van der Waals surface area contributed by atoms with E-state index in [2.05, 4.69) is 24.1 Å². The van der Waals surface area contributed by atoms with E-state index in [0.29, 0.717) is 6.04 Å². The Kier molecular flexibility index (Phi) is 4.94. The summed E-state index contributed by atoms with van der Waals surface area (Å²) in [5.41, 5.74) is 1.04. The normalized spacial score (nSPS) is 25.7. The maximum atomic E-state index is 13.3. The molecule has 1 heterocycles. The summed E-state index contributed by atoms with van der Waals surface area (Å²) in [6.45, 7) is 6.90. The summed E-state index contributed by atoms with van der Waals surface area (Å²) in [7, 11) is 1.95. The van der Waals surface area contributed by atoms with Crippen molar-refractivity contribution in [3.63, 3.8) is 0 Å². The lowest BCUT2D eigenvalue weighted by Crippen LogP contribution is -2.31. The van der Waals surface area contributed by atoms with Crippen LogP contribution in [0.2, 0.25) is 0 Å². The van der Waals surface area contributed by atoms with Crippen LogP contribution in [0.3, 0.4) is 0 Å². The Morgan fingerprint density at radius 2 is 2.21 bits per heavy atom. The molecular formula is C16H25FN2. The van der Waals surface area contributed by atoms with Crippen molar-refractivity contribution in [1.29, 1.82) is 0 Å². The van der Waals surface area contributed by atoms with Gasteiger partial charge in [-0.3, -0.25) is 0 Å². The highest BCUT2D eigenvalue weighted by molar-refractivity contribution is 5.20. The SMILES string of the molecule is CNC(CCN1CC(C)CC1C)c1cccc(F)c1. The summed E-state index contributed by atoms with van der Waals surface area (Å²) >= 11 is 0. The van der Waals surface area contributed by atoms with Gasteiger partial charge in [-0.25, -0.2) is 4.39 Å². The lowest BCUT2D eigenvalue weighted by molar-refractivity contribution is 0.250. The van der Waals surface area contributed by atoms with E-state index in [1.165, 1.54) is 19.0 Å². The van der Waals surface area contributed by atoms with Crippen LogP contribution in [0.4, 0.5) is 4.39 Å². The van der Waals surface area contributed by atoms with Crippen LogP contribution in [0.1, 0.15) is 38.3 Å². The largest absolute Gasteiger partial charge is 0.313 e. The number of hydrogen-bond donors (Lipinski definition) is 1. The third kappa shape index (κ3) is 3.77. The van der Waals surface area contributed by atoms with Gasteiger partial charge in [0.2, 0.25) is 0 Å². The molecule has 3 atom stereocenters. The van der Waals surface area contributed by atoms with Crippen molar-refractivity contribution in [2.45, 2.75) is 38.8 Å². The highest BCUT2D eigenvalue weighted by atomic mass is 19.1. The van der Waals surface area contributed by atoms with E-state index in [9.17, 15) is 4.39 Å². The van der Waals surface area contributed by atoms with Crippen LogP contribution in [0.15, 0.2) is 24.3 Å². The fourth-order valence-corrected chi connectivity index (χ4v) is 3.19. The molecule has 1 aliphatic rings. The van der Waals surface area contributed by atoms with Crippen molar-refractivity contribution < 1.29 is 4.39 Å². The number of benzene rings is 1. The molecule has 1 aromatic rings. The first kappa shape index (κ1) is 14.5. The first-order chi connectivity index (χ1) is 9.10. The maximum absolute atomic E-state index is 13.3. The third-order valence-corrected chi connectivity index (χ3v) is 4.22. The number of likely N-dealkylation sites (tertiary alicyclic amines) is 1. The molecule has 2 nitrogen and oxygen atoms in total. The summed E-state index contributed by atoms with van der Waals surface area (Å²) in [5.74, 6) is 0.651. The minimum atomic E-state index is -0.152. The van der Waals surface area contributed by atoms with Gasteiger partial charge in [-0.15, -0.1) is 0 Å². The molecule has 1 N–H and O–H groups in total. The van der Waals surface area contributed by atoms with E-state index in [4.69, 9.17) is 0 Å². The summed E-state index contributed by atoms with van der Waals surface area (Å²) in [6, 6.07) is 7.84. The van der Waals surface area contributed by atoms with Gasteiger partial charge in [-0.05, 0) is 50.4 Å². The molecule has 0 radical (unpaired) electrons. The molecule has 1 aromatic carbocycles. The van der Waals surface area contributed by atoms with Gasteiger partial charge in [0.25, 0.3) is 0 Å². The second-order valence-electron chi connectivity index (χ2n) is 5.87. The zero-order valence-corrected chi connectivity index (χ0v) is 12.2. The maximum Gasteiger partial charge on any atom is 0.123 e. The van der Waals surface area contributed by atoms with Crippen LogP contribution < -0.4 is 5.32 Å². The molecule has 3 heteroatoms. The highest BCUT2D eigenvalue weighted by Gasteiger charge is 2.26. The average Bonchev–Trinajstić information content (AvgIpc) is 2.69. The van der Waals surface area contributed by atoms with Crippen LogP contribution in [-0.2, 0) is 0 Å². The minimum Gasteiger partial charge on any atom is -0.313 e. The quantitative estimate of drug-likeness (QED) is 0.878. The van der Waals surface area contributed by atoms with Gasteiger partial charge < -0.3 is 10.2 Å². The summed E-state index contributed by atoms with van der Waals surface area (Å²) < 4.78 is 13.3. The third-order valence-electron chi connectivity index (χ3n) is 4.22. The van der Waals surface area contributed by atoms with Crippen LogP contribution in [0.25, 0.3) is 0 Å². The molecule has 1 aliphatic heterocycles. The second-order valence-corrected chi connectivity index (χ2v) is 5.87. The Bertz CT molecular complexity index is 407. The van der Waals surface area contributed by atoms with Gasteiger partial charge in [-0.2, -0.15) is 0 Å². The van der Waals surface area contributed by atoms with E-state index < -0.39 is 0 Å². The van der Waals surface area contributed by atoms with E-state index in [-0.39, 0.29) is 11.9 Å². The number of nitrogens with zero attached hydrogens (tertiary/aromatic N) is 1. The molecule has 1 saturated heterocycles. The molecule has 19 heavy (non-hydrogen) atoms. The van der Waals surface area contributed by atoms with Gasteiger partial charge in [0, 0.05) is 25.2 Å². The number of rotatable bonds is 5. The zero-order chi connectivity index (χ0) is 13.8. The van der Waals surface area contributed by atoms with Crippen molar-refractivity contribution in [2.75, 3.05) is 20.1 Å². The first-order valence-electron chi connectivity index (χ1n) is 7.27. The fraction of sp³-hybridized carbons (Fsp3) is 0.625. The average molecular weight is 264 g/mol. The van der Waals surface area contributed by atoms with Crippen molar-refractivity contribution >= 4 is 0 Å². The van der Waals surface area contributed by atoms with Crippen molar-refractivity contribution in [1.82, 2.24) is 10.2 Å². The van der Waals surface area contributed by atoms with Crippen LogP contribution in [0, 0.1) is 11.7 Å².